The summed E-state index contributed by atoms with van der Waals surface area (Å²) in [6, 6.07) is 17.3. The van der Waals surface area contributed by atoms with Crippen molar-refractivity contribution in [2.45, 2.75) is 9.79 Å². The van der Waals surface area contributed by atoms with E-state index in [9.17, 15) is 10.1 Å². The number of nitrogens with zero attached hydrogens (tertiary/aromatic N) is 2. The highest BCUT2D eigenvalue weighted by Crippen LogP contribution is 2.46. The summed E-state index contributed by atoms with van der Waals surface area (Å²) in [7, 11) is 1.88. The number of nitriles is 1. The van der Waals surface area contributed by atoms with Crippen molar-refractivity contribution < 1.29 is 4.79 Å². The molecule has 3 nitrogen and oxygen atoms in total. The van der Waals surface area contributed by atoms with E-state index in [1.807, 2.05) is 48.3 Å². The predicted molar refractivity (Wildman–Crippen MR) is 101 cm³/mol. The number of carbonyl (C=O) groups is 1. The number of allylic oxidation sites excluding steroid dienone is 1. The van der Waals surface area contributed by atoms with E-state index in [0.717, 1.165) is 15.5 Å². The van der Waals surface area contributed by atoms with E-state index in [4.69, 9.17) is 11.6 Å². The van der Waals surface area contributed by atoms with Crippen LogP contribution in [0.15, 0.2) is 68.9 Å². The number of halogens is 1. The molecule has 2 aromatic rings. The lowest BCUT2D eigenvalue weighted by Crippen LogP contribution is -2.16. The summed E-state index contributed by atoms with van der Waals surface area (Å²) in [6.45, 7) is 0. The van der Waals surface area contributed by atoms with Gasteiger partial charge in [-0.2, -0.15) is 5.26 Å². The van der Waals surface area contributed by atoms with E-state index in [-0.39, 0.29) is 17.1 Å². The molecule has 0 radical (unpaired) electrons. The summed E-state index contributed by atoms with van der Waals surface area (Å²) in [5, 5.41) is 10.8. The third-order valence-electron chi connectivity index (χ3n) is 3.53. The summed E-state index contributed by atoms with van der Waals surface area (Å²) >= 11 is 8.73. The third-order valence-corrected chi connectivity index (χ3v) is 6.03. The highest BCUT2D eigenvalue weighted by atomic mass is 35.5. The van der Waals surface area contributed by atoms with Crippen LogP contribution >= 0.6 is 35.1 Å². The van der Waals surface area contributed by atoms with Gasteiger partial charge < -0.3 is 4.90 Å². The lowest BCUT2D eigenvalue weighted by atomic mass is 10.2. The van der Waals surface area contributed by atoms with Gasteiger partial charge in [0.25, 0.3) is 0 Å². The normalized spacial score (nSPS) is 15.0. The highest BCUT2D eigenvalue weighted by Gasteiger charge is 2.27. The third kappa shape index (κ3) is 3.46. The van der Waals surface area contributed by atoms with Crippen molar-refractivity contribution in [1.29, 1.82) is 5.26 Å². The Morgan fingerprint density at radius 2 is 1.96 bits per heavy atom. The maximum atomic E-state index is 12.5. The largest absolute Gasteiger partial charge is 0.337 e. The number of fused-ring (bicyclic) bond motifs is 1. The van der Waals surface area contributed by atoms with Crippen LogP contribution in [0, 0.1) is 11.3 Å². The van der Waals surface area contributed by atoms with Gasteiger partial charge in [-0.05, 0) is 36.4 Å². The molecule has 0 N–H and O–H groups in total. The first kappa shape index (κ1) is 17.0. The van der Waals surface area contributed by atoms with Gasteiger partial charge in [-0.15, -0.1) is 11.8 Å². The van der Waals surface area contributed by atoms with Gasteiger partial charge in [0.05, 0.1) is 11.4 Å². The molecule has 1 aliphatic heterocycles. The smallest absolute Gasteiger partial charge is 0.186 e. The van der Waals surface area contributed by atoms with Crippen molar-refractivity contribution >= 4 is 46.6 Å². The number of thioether (sulfide) groups is 2. The van der Waals surface area contributed by atoms with Crippen molar-refractivity contribution in [3.63, 3.8) is 0 Å². The SMILES string of the molecule is CN1/C(=C(\C#N)C(=O)CSc2ccc(Cl)cc2)Sc2ccccc21. The topological polar surface area (TPSA) is 44.1 Å². The predicted octanol–water partition coefficient (Wildman–Crippen LogP) is 4.98. The number of para-hydroxylation sites is 1. The number of ketones is 1. The summed E-state index contributed by atoms with van der Waals surface area (Å²) in [5.74, 6) is 0.0540. The monoisotopic (exact) mass is 372 g/mol. The van der Waals surface area contributed by atoms with E-state index < -0.39 is 0 Å². The minimum Gasteiger partial charge on any atom is -0.337 e. The number of rotatable bonds is 4. The molecule has 0 fully saturated rings. The van der Waals surface area contributed by atoms with Crippen molar-refractivity contribution in [3.8, 4) is 6.07 Å². The van der Waals surface area contributed by atoms with E-state index in [0.29, 0.717) is 10.1 Å². The van der Waals surface area contributed by atoms with Crippen LogP contribution in [0.1, 0.15) is 0 Å². The molecule has 0 spiro atoms. The number of carbonyl (C=O) groups excluding carboxylic acids is 1. The van der Waals surface area contributed by atoms with Crippen LogP contribution in [0.5, 0.6) is 0 Å². The number of hydrogen-bond acceptors (Lipinski definition) is 5. The Morgan fingerprint density at radius 3 is 2.62 bits per heavy atom. The minimum absolute atomic E-state index is 0.167. The van der Waals surface area contributed by atoms with E-state index in [1.54, 1.807) is 12.1 Å². The lowest BCUT2D eigenvalue weighted by Gasteiger charge is -2.14. The second-order valence-corrected chi connectivity index (χ2v) is 7.60. The maximum Gasteiger partial charge on any atom is 0.186 e. The number of anilines is 1. The second kappa shape index (κ2) is 7.35. The molecule has 24 heavy (non-hydrogen) atoms. The van der Waals surface area contributed by atoms with Gasteiger partial charge in [0.2, 0.25) is 0 Å². The quantitative estimate of drug-likeness (QED) is 0.430. The molecule has 0 aromatic heterocycles. The van der Waals surface area contributed by atoms with Gasteiger partial charge in [0.1, 0.15) is 16.7 Å². The molecule has 0 saturated carbocycles. The number of benzene rings is 2. The summed E-state index contributed by atoms with van der Waals surface area (Å²) in [6.07, 6.45) is 0. The van der Waals surface area contributed by atoms with Crippen molar-refractivity contribution in [2.24, 2.45) is 0 Å². The van der Waals surface area contributed by atoms with Gasteiger partial charge in [-0.1, -0.05) is 35.5 Å². The molecule has 6 heteroatoms. The number of hydrogen-bond donors (Lipinski definition) is 0. The first-order chi connectivity index (χ1) is 11.6. The Bertz CT molecular complexity index is 856. The zero-order chi connectivity index (χ0) is 17.1. The van der Waals surface area contributed by atoms with Gasteiger partial charge in [0.15, 0.2) is 5.78 Å². The molecule has 0 bridgehead atoms. The Balaban J connectivity index is 1.78. The molecule has 120 valence electrons. The molecule has 0 atom stereocenters. The molecule has 0 amide bonds. The van der Waals surface area contributed by atoms with Crippen molar-refractivity contribution in [3.05, 3.63) is 64.2 Å². The number of Topliss-reactive ketones (excluding diaryl/α,β-unsaturated/α-hetero) is 1. The molecule has 1 heterocycles. The summed E-state index contributed by atoms with van der Waals surface area (Å²) < 4.78 is 0. The van der Waals surface area contributed by atoms with Crippen molar-refractivity contribution in [2.75, 3.05) is 17.7 Å². The molecule has 2 aromatic carbocycles. The molecular formula is C18H13ClN2OS2. The van der Waals surface area contributed by atoms with Gasteiger partial charge in [0, 0.05) is 21.9 Å². The van der Waals surface area contributed by atoms with E-state index in [2.05, 4.69) is 6.07 Å². The second-order valence-electron chi connectivity index (χ2n) is 5.09. The molecule has 1 aliphatic rings. The van der Waals surface area contributed by atoms with E-state index in [1.165, 1.54) is 23.5 Å². The van der Waals surface area contributed by atoms with E-state index >= 15 is 0 Å². The molecule has 0 aliphatic carbocycles. The Kier molecular flexibility index (Phi) is 5.20. The van der Waals surface area contributed by atoms with Gasteiger partial charge in [-0.3, -0.25) is 4.79 Å². The summed E-state index contributed by atoms with van der Waals surface area (Å²) in [4.78, 5) is 16.4. The average Bonchev–Trinajstić information content (AvgIpc) is 2.92. The van der Waals surface area contributed by atoms with Crippen molar-refractivity contribution in [1.82, 2.24) is 0 Å². The highest BCUT2D eigenvalue weighted by molar-refractivity contribution is 8.03. The molecular weight excluding hydrogens is 360 g/mol. The Hall–Kier alpha value is -1.87. The summed E-state index contributed by atoms with van der Waals surface area (Å²) in [5.41, 5.74) is 1.23. The lowest BCUT2D eigenvalue weighted by molar-refractivity contribution is -0.112. The maximum absolute atomic E-state index is 12.5. The van der Waals surface area contributed by atoms with Gasteiger partial charge >= 0.3 is 0 Å². The first-order valence-electron chi connectivity index (χ1n) is 7.16. The van der Waals surface area contributed by atoms with Crippen LogP contribution in [-0.2, 0) is 4.79 Å². The van der Waals surface area contributed by atoms with Crippen LogP contribution in [0.4, 0.5) is 5.69 Å². The van der Waals surface area contributed by atoms with Crippen LogP contribution in [-0.4, -0.2) is 18.6 Å². The molecule has 0 unspecified atom stereocenters. The minimum atomic E-state index is -0.167. The Morgan fingerprint density at radius 1 is 1.25 bits per heavy atom. The fourth-order valence-electron chi connectivity index (χ4n) is 2.30. The fraction of sp³-hybridized carbons (Fsp3) is 0.111. The fourth-order valence-corrected chi connectivity index (χ4v) is 4.36. The van der Waals surface area contributed by atoms with Crippen LogP contribution in [0.3, 0.4) is 0 Å². The van der Waals surface area contributed by atoms with Gasteiger partial charge in [-0.25, -0.2) is 0 Å². The standard InChI is InChI=1S/C18H13ClN2OS2/c1-21-15-4-2-3-5-17(15)24-18(21)14(10-20)16(22)11-23-13-8-6-12(19)7-9-13/h2-9H,11H2,1H3/b18-14-. The first-order valence-corrected chi connectivity index (χ1v) is 9.34. The average molecular weight is 373 g/mol. The molecule has 0 saturated heterocycles. The Labute approximate surface area is 154 Å². The van der Waals surface area contributed by atoms with Crippen LogP contribution < -0.4 is 4.90 Å². The molecule has 3 rings (SSSR count). The van der Waals surface area contributed by atoms with Crippen LogP contribution in [0.2, 0.25) is 5.02 Å². The zero-order valence-electron chi connectivity index (χ0n) is 12.8. The zero-order valence-corrected chi connectivity index (χ0v) is 15.2. The van der Waals surface area contributed by atoms with Crippen LogP contribution in [0.25, 0.3) is 0 Å².